The van der Waals surface area contributed by atoms with Gasteiger partial charge in [-0.1, -0.05) is 42.5 Å². The molecule has 2 aromatic rings. The average Bonchev–Trinajstić information content (AvgIpc) is 2.55. The van der Waals surface area contributed by atoms with E-state index in [9.17, 15) is 14.4 Å². The summed E-state index contributed by atoms with van der Waals surface area (Å²) >= 11 is 0. The van der Waals surface area contributed by atoms with Crippen LogP contribution in [-0.2, 0) is 9.53 Å². The molecule has 2 rings (SSSR count). The first-order valence-electron chi connectivity index (χ1n) is 6.94. The monoisotopic (exact) mass is 312 g/mol. The molecule has 0 aliphatic rings. The van der Waals surface area contributed by atoms with E-state index in [0.29, 0.717) is 5.56 Å². The van der Waals surface area contributed by atoms with Gasteiger partial charge in [0.25, 0.3) is 5.91 Å². The number of carbonyl (C=O) groups is 3. The number of benzene rings is 2. The highest BCUT2D eigenvalue weighted by Gasteiger charge is 2.19. The van der Waals surface area contributed by atoms with E-state index in [0.717, 1.165) is 11.1 Å². The van der Waals surface area contributed by atoms with Gasteiger partial charge in [-0.05, 0) is 30.2 Å². The molecule has 0 aliphatic heterocycles. The van der Waals surface area contributed by atoms with E-state index < -0.39 is 24.0 Å². The van der Waals surface area contributed by atoms with E-state index in [4.69, 9.17) is 10.5 Å². The Bertz CT molecular complexity index is 711. The summed E-state index contributed by atoms with van der Waals surface area (Å²) in [4.78, 5) is 34.0. The predicted molar refractivity (Wildman–Crippen MR) is 84.5 cm³/mol. The van der Waals surface area contributed by atoms with Gasteiger partial charge in [0.2, 0.25) is 0 Å². The lowest BCUT2D eigenvalue weighted by atomic mass is 10.0. The molecule has 118 valence electrons. The minimum Gasteiger partial charge on any atom is -0.449 e. The molecule has 0 unspecified atom stereocenters. The van der Waals surface area contributed by atoms with E-state index in [1.54, 1.807) is 24.3 Å². The first kappa shape index (κ1) is 16.2. The summed E-state index contributed by atoms with van der Waals surface area (Å²) in [6.07, 6.45) is -1.12. The zero-order valence-corrected chi connectivity index (χ0v) is 12.5. The maximum atomic E-state index is 12.0. The van der Waals surface area contributed by atoms with Crippen LogP contribution in [-0.4, -0.2) is 24.0 Å². The SMILES string of the molecule is C[C@H](OC(=O)c1ccc(-c2ccccc2)cc1)C(=O)NC(N)=O. The van der Waals surface area contributed by atoms with Crippen LogP contribution in [0.2, 0.25) is 0 Å². The van der Waals surface area contributed by atoms with Crippen LogP contribution in [0.1, 0.15) is 17.3 Å². The lowest BCUT2D eigenvalue weighted by molar-refractivity contribution is -0.127. The highest BCUT2D eigenvalue weighted by atomic mass is 16.5. The Labute approximate surface area is 133 Å². The maximum Gasteiger partial charge on any atom is 0.338 e. The number of hydrogen-bond acceptors (Lipinski definition) is 4. The van der Waals surface area contributed by atoms with Gasteiger partial charge in [-0.15, -0.1) is 0 Å². The lowest BCUT2D eigenvalue weighted by Crippen LogP contribution is -2.42. The summed E-state index contributed by atoms with van der Waals surface area (Å²) < 4.78 is 4.99. The second-order valence-electron chi connectivity index (χ2n) is 4.84. The molecule has 6 heteroatoms. The molecular formula is C17H16N2O4. The third-order valence-corrected chi connectivity index (χ3v) is 3.13. The Morgan fingerprint density at radius 2 is 1.52 bits per heavy atom. The molecule has 0 radical (unpaired) electrons. The van der Waals surface area contributed by atoms with Gasteiger partial charge >= 0.3 is 12.0 Å². The number of imide groups is 1. The number of hydrogen-bond donors (Lipinski definition) is 2. The fourth-order valence-electron chi connectivity index (χ4n) is 1.93. The Hall–Kier alpha value is -3.15. The number of nitrogens with one attached hydrogen (secondary N) is 1. The zero-order valence-electron chi connectivity index (χ0n) is 12.5. The summed E-state index contributed by atoms with van der Waals surface area (Å²) in [6, 6.07) is 15.5. The fourth-order valence-corrected chi connectivity index (χ4v) is 1.93. The van der Waals surface area contributed by atoms with Gasteiger partial charge in [-0.3, -0.25) is 10.1 Å². The van der Waals surface area contributed by atoms with E-state index in [1.165, 1.54) is 6.92 Å². The molecule has 0 saturated carbocycles. The van der Waals surface area contributed by atoms with E-state index in [1.807, 2.05) is 35.6 Å². The van der Waals surface area contributed by atoms with Crippen LogP contribution in [0.25, 0.3) is 11.1 Å². The highest BCUT2D eigenvalue weighted by Crippen LogP contribution is 2.19. The van der Waals surface area contributed by atoms with E-state index in [-0.39, 0.29) is 0 Å². The molecule has 0 spiro atoms. The van der Waals surface area contributed by atoms with Crippen LogP contribution in [0.15, 0.2) is 54.6 Å². The standard InChI is InChI=1S/C17H16N2O4/c1-11(15(20)19-17(18)22)23-16(21)14-9-7-13(8-10-14)12-5-3-2-4-6-12/h2-11H,1H3,(H3,18,19,20,22)/t11-/m0/s1. The van der Waals surface area contributed by atoms with Crippen molar-refractivity contribution in [2.24, 2.45) is 5.73 Å². The number of carbonyl (C=O) groups excluding carboxylic acids is 3. The van der Waals surface area contributed by atoms with Crippen LogP contribution in [0.5, 0.6) is 0 Å². The third kappa shape index (κ3) is 4.41. The number of amides is 3. The van der Waals surface area contributed by atoms with Gasteiger partial charge in [0.1, 0.15) is 0 Å². The van der Waals surface area contributed by atoms with E-state index >= 15 is 0 Å². The molecule has 0 fully saturated rings. The molecule has 0 saturated heterocycles. The molecule has 23 heavy (non-hydrogen) atoms. The van der Waals surface area contributed by atoms with Crippen LogP contribution in [0.3, 0.4) is 0 Å². The predicted octanol–water partition coefficient (Wildman–Crippen LogP) is 2.09. The largest absolute Gasteiger partial charge is 0.449 e. The van der Waals surface area contributed by atoms with Gasteiger partial charge in [0.05, 0.1) is 5.56 Å². The molecule has 1 atom stereocenters. The van der Waals surface area contributed by atoms with Crippen molar-refractivity contribution >= 4 is 17.9 Å². The van der Waals surface area contributed by atoms with Crippen LogP contribution < -0.4 is 11.1 Å². The molecule has 3 amide bonds. The molecular weight excluding hydrogens is 296 g/mol. The second-order valence-corrected chi connectivity index (χ2v) is 4.84. The van der Waals surface area contributed by atoms with Crippen molar-refractivity contribution in [3.05, 3.63) is 60.2 Å². The molecule has 0 aromatic heterocycles. The summed E-state index contributed by atoms with van der Waals surface area (Å²) in [5.41, 5.74) is 7.13. The van der Waals surface area contributed by atoms with Gasteiger partial charge in [-0.25, -0.2) is 9.59 Å². The maximum absolute atomic E-state index is 12.0. The highest BCUT2D eigenvalue weighted by molar-refractivity contribution is 5.98. The molecule has 0 bridgehead atoms. The second kappa shape index (κ2) is 7.22. The normalized spacial score (nSPS) is 11.3. The fraction of sp³-hybridized carbons (Fsp3) is 0.118. The topological polar surface area (TPSA) is 98.5 Å². The average molecular weight is 312 g/mol. The van der Waals surface area contributed by atoms with Gasteiger partial charge in [0, 0.05) is 0 Å². The smallest absolute Gasteiger partial charge is 0.338 e. The molecule has 3 N–H and O–H groups in total. The lowest BCUT2D eigenvalue weighted by Gasteiger charge is -2.12. The van der Waals surface area contributed by atoms with Gasteiger partial charge in [-0.2, -0.15) is 0 Å². The van der Waals surface area contributed by atoms with Crippen molar-refractivity contribution in [2.45, 2.75) is 13.0 Å². The molecule has 0 aliphatic carbocycles. The summed E-state index contributed by atoms with van der Waals surface area (Å²) in [7, 11) is 0. The quantitative estimate of drug-likeness (QED) is 0.844. The number of rotatable bonds is 4. The Morgan fingerprint density at radius 3 is 2.09 bits per heavy atom. The summed E-state index contributed by atoms with van der Waals surface area (Å²) in [5, 5.41) is 1.85. The van der Waals surface area contributed by atoms with E-state index in [2.05, 4.69) is 0 Å². The molecule has 2 aromatic carbocycles. The number of esters is 1. The van der Waals surface area contributed by atoms with Gasteiger partial charge in [0.15, 0.2) is 6.10 Å². The van der Waals surface area contributed by atoms with Crippen molar-refractivity contribution in [1.82, 2.24) is 5.32 Å². The van der Waals surface area contributed by atoms with Crippen molar-refractivity contribution in [3.8, 4) is 11.1 Å². The first-order valence-corrected chi connectivity index (χ1v) is 6.94. The number of ether oxygens (including phenoxy) is 1. The number of urea groups is 1. The Morgan fingerprint density at radius 1 is 0.957 bits per heavy atom. The minimum atomic E-state index is -1.12. The van der Waals surface area contributed by atoms with Crippen molar-refractivity contribution in [3.63, 3.8) is 0 Å². The van der Waals surface area contributed by atoms with Crippen molar-refractivity contribution in [2.75, 3.05) is 0 Å². The minimum absolute atomic E-state index is 0.309. The summed E-state index contributed by atoms with van der Waals surface area (Å²) in [5.74, 6) is -1.43. The Balaban J connectivity index is 2.03. The number of primary amides is 1. The molecule has 6 nitrogen and oxygen atoms in total. The zero-order chi connectivity index (χ0) is 16.8. The van der Waals surface area contributed by atoms with Gasteiger partial charge < -0.3 is 10.5 Å². The Kier molecular flexibility index (Phi) is 5.09. The van der Waals surface area contributed by atoms with Crippen LogP contribution >= 0.6 is 0 Å². The molecule has 0 heterocycles. The number of nitrogens with two attached hydrogens (primary N) is 1. The first-order chi connectivity index (χ1) is 11.0. The van der Waals surface area contributed by atoms with Crippen molar-refractivity contribution in [1.29, 1.82) is 0 Å². The van der Waals surface area contributed by atoms with Crippen LogP contribution in [0.4, 0.5) is 4.79 Å². The van der Waals surface area contributed by atoms with Crippen LogP contribution in [0, 0.1) is 0 Å². The third-order valence-electron chi connectivity index (χ3n) is 3.13. The summed E-state index contributed by atoms with van der Waals surface area (Å²) in [6.45, 7) is 1.36. The van der Waals surface area contributed by atoms with Crippen molar-refractivity contribution < 1.29 is 19.1 Å².